The SMILES string of the molecule is c1ccc(CN2CC3CNCC(C2)C32OCCO2)cc1. The number of hydrogen-bond donors (Lipinski definition) is 1. The van der Waals surface area contributed by atoms with Gasteiger partial charge in [0, 0.05) is 44.6 Å². The quantitative estimate of drug-likeness (QED) is 0.875. The van der Waals surface area contributed by atoms with Crippen LogP contribution in [0, 0.1) is 11.8 Å². The molecule has 20 heavy (non-hydrogen) atoms. The minimum absolute atomic E-state index is 0.293. The highest BCUT2D eigenvalue weighted by Gasteiger charge is 2.55. The van der Waals surface area contributed by atoms with Crippen LogP contribution in [0.1, 0.15) is 5.56 Å². The second kappa shape index (κ2) is 5.11. The molecule has 4 heteroatoms. The molecule has 3 heterocycles. The molecule has 1 N–H and O–H groups in total. The maximum atomic E-state index is 6.06. The monoisotopic (exact) mass is 274 g/mol. The molecule has 4 rings (SSSR count). The zero-order valence-electron chi connectivity index (χ0n) is 11.8. The third kappa shape index (κ3) is 2.07. The number of piperidine rings is 2. The molecule has 2 bridgehead atoms. The fourth-order valence-electron chi connectivity index (χ4n) is 4.02. The summed E-state index contributed by atoms with van der Waals surface area (Å²) < 4.78 is 12.1. The van der Waals surface area contributed by atoms with Crippen molar-refractivity contribution in [2.75, 3.05) is 39.4 Å². The summed E-state index contributed by atoms with van der Waals surface area (Å²) >= 11 is 0. The van der Waals surface area contributed by atoms with Crippen molar-refractivity contribution in [3.05, 3.63) is 35.9 Å². The van der Waals surface area contributed by atoms with E-state index in [2.05, 4.69) is 40.5 Å². The fraction of sp³-hybridized carbons (Fsp3) is 0.625. The van der Waals surface area contributed by atoms with Crippen LogP contribution in [0.2, 0.25) is 0 Å². The Morgan fingerprint density at radius 1 is 1.05 bits per heavy atom. The van der Waals surface area contributed by atoms with Crippen LogP contribution < -0.4 is 5.32 Å². The molecule has 3 fully saturated rings. The van der Waals surface area contributed by atoms with Gasteiger partial charge in [-0.3, -0.25) is 4.90 Å². The second-order valence-electron chi connectivity index (χ2n) is 6.15. The van der Waals surface area contributed by atoms with Gasteiger partial charge in [-0.1, -0.05) is 30.3 Å². The van der Waals surface area contributed by atoms with Crippen LogP contribution in [0.3, 0.4) is 0 Å². The lowest BCUT2D eigenvalue weighted by atomic mass is 9.78. The minimum atomic E-state index is -0.293. The van der Waals surface area contributed by atoms with Gasteiger partial charge in [0.15, 0.2) is 5.79 Å². The Morgan fingerprint density at radius 3 is 2.35 bits per heavy atom. The Morgan fingerprint density at radius 2 is 1.70 bits per heavy atom. The maximum absolute atomic E-state index is 6.06. The zero-order chi connectivity index (χ0) is 13.4. The standard InChI is InChI=1S/C16H22N2O2/c1-2-4-13(5-3-1)10-18-11-14-8-17-9-15(12-18)16(14)19-6-7-20-16/h1-5,14-15,17H,6-12H2. The van der Waals surface area contributed by atoms with E-state index >= 15 is 0 Å². The number of hydrogen-bond acceptors (Lipinski definition) is 4. The van der Waals surface area contributed by atoms with Gasteiger partial charge in [0.1, 0.15) is 0 Å². The normalized spacial score (nSPS) is 32.6. The van der Waals surface area contributed by atoms with E-state index in [4.69, 9.17) is 9.47 Å². The average Bonchev–Trinajstić information content (AvgIpc) is 2.91. The summed E-state index contributed by atoms with van der Waals surface area (Å²) in [5.41, 5.74) is 1.39. The van der Waals surface area contributed by atoms with Gasteiger partial charge in [0.05, 0.1) is 13.2 Å². The molecule has 1 aromatic rings. The highest BCUT2D eigenvalue weighted by atomic mass is 16.7. The number of rotatable bonds is 2. The summed E-state index contributed by atoms with van der Waals surface area (Å²) in [6, 6.07) is 10.7. The highest BCUT2D eigenvalue weighted by molar-refractivity contribution is 5.15. The van der Waals surface area contributed by atoms with Crippen molar-refractivity contribution in [1.29, 1.82) is 0 Å². The molecular formula is C16H22N2O2. The van der Waals surface area contributed by atoms with Crippen LogP contribution in [-0.4, -0.2) is 50.1 Å². The van der Waals surface area contributed by atoms with Crippen molar-refractivity contribution < 1.29 is 9.47 Å². The molecule has 2 atom stereocenters. The van der Waals surface area contributed by atoms with Crippen molar-refractivity contribution in [3.63, 3.8) is 0 Å². The molecular weight excluding hydrogens is 252 g/mol. The van der Waals surface area contributed by atoms with Crippen LogP contribution >= 0.6 is 0 Å². The summed E-state index contributed by atoms with van der Waals surface area (Å²) in [5, 5.41) is 3.54. The van der Waals surface area contributed by atoms with Crippen LogP contribution in [0.25, 0.3) is 0 Å². The maximum Gasteiger partial charge on any atom is 0.178 e. The van der Waals surface area contributed by atoms with Crippen LogP contribution in [0.5, 0.6) is 0 Å². The molecule has 3 aliphatic heterocycles. The van der Waals surface area contributed by atoms with Crippen molar-refractivity contribution in [2.45, 2.75) is 12.3 Å². The van der Waals surface area contributed by atoms with Crippen LogP contribution in [-0.2, 0) is 16.0 Å². The Hall–Kier alpha value is -0.940. The van der Waals surface area contributed by atoms with Gasteiger partial charge in [-0.25, -0.2) is 0 Å². The first kappa shape index (κ1) is 12.8. The highest BCUT2D eigenvalue weighted by Crippen LogP contribution is 2.42. The largest absolute Gasteiger partial charge is 0.347 e. The van der Waals surface area contributed by atoms with E-state index in [1.165, 1.54) is 5.56 Å². The zero-order valence-corrected chi connectivity index (χ0v) is 11.8. The van der Waals surface area contributed by atoms with Gasteiger partial charge in [-0.05, 0) is 5.56 Å². The first-order chi connectivity index (χ1) is 9.87. The first-order valence-corrected chi connectivity index (χ1v) is 7.62. The fourth-order valence-corrected chi connectivity index (χ4v) is 4.02. The van der Waals surface area contributed by atoms with E-state index in [-0.39, 0.29) is 5.79 Å². The van der Waals surface area contributed by atoms with Gasteiger partial charge in [-0.15, -0.1) is 0 Å². The summed E-state index contributed by atoms with van der Waals surface area (Å²) in [6.45, 7) is 6.65. The summed E-state index contributed by atoms with van der Waals surface area (Å²) in [5.74, 6) is 0.598. The molecule has 0 aliphatic carbocycles. The van der Waals surface area contributed by atoms with Crippen molar-refractivity contribution in [3.8, 4) is 0 Å². The number of likely N-dealkylation sites (tertiary alicyclic amines) is 1. The molecule has 1 aromatic carbocycles. The predicted molar refractivity (Wildman–Crippen MR) is 76.2 cm³/mol. The van der Waals surface area contributed by atoms with Gasteiger partial charge in [-0.2, -0.15) is 0 Å². The lowest BCUT2D eigenvalue weighted by Crippen LogP contribution is -2.66. The molecule has 3 saturated heterocycles. The van der Waals surface area contributed by atoms with Crippen LogP contribution in [0.15, 0.2) is 30.3 Å². The van der Waals surface area contributed by atoms with E-state index in [1.54, 1.807) is 0 Å². The number of ether oxygens (including phenoxy) is 2. The van der Waals surface area contributed by atoms with Crippen molar-refractivity contribution >= 4 is 0 Å². The van der Waals surface area contributed by atoms with E-state index < -0.39 is 0 Å². The number of benzene rings is 1. The summed E-state index contributed by atoms with van der Waals surface area (Å²) in [6.07, 6.45) is 0. The van der Waals surface area contributed by atoms with Gasteiger partial charge < -0.3 is 14.8 Å². The summed E-state index contributed by atoms with van der Waals surface area (Å²) in [4.78, 5) is 2.56. The van der Waals surface area contributed by atoms with Crippen molar-refractivity contribution in [1.82, 2.24) is 10.2 Å². The molecule has 2 unspecified atom stereocenters. The predicted octanol–water partition coefficient (Wildman–Crippen LogP) is 1.08. The molecule has 1 spiro atoms. The smallest absolute Gasteiger partial charge is 0.178 e. The minimum Gasteiger partial charge on any atom is -0.347 e. The molecule has 0 amide bonds. The number of nitrogens with zero attached hydrogens (tertiary/aromatic N) is 1. The molecule has 4 nitrogen and oxygen atoms in total. The molecule has 0 radical (unpaired) electrons. The summed E-state index contributed by atoms with van der Waals surface area (Å²) in [7, 11) is 0. The van der Waals surface area contributed by atoms with Crippen molar-refractivity contribution in [2.24, 2.45) is 11.8 Å². The lowest BCUT2D eigenvalue weighted by Gasteiger charge is -2.52. The molecule has 3 aliphatic rings. The Bertz CT molecular complexity index is 443. The number of nitrogens with one attached hydrogen (secondary N) is 1. The lowest BCUT2D eigenvalue weighted by molar-refractivity contribution is -0.263. The molecule has 0 saturated carbocycles. The first-order valence-electron chi connectivity index (χ1n) is 7.62. The van der Waals surface area contributed by atoms with Crippen LogP contribution in [0.4, 0.5) is 0 Å². The Labute approximate surface area is 120 Å². The Kier molecular flexibility index (Phi) is 3.27. The molecule has 108 valence electrons. The average molecular weight is 274 g/mol. The van der Waals surface area contributed by atoms with Gasteiger partial charge >= 0.3 is 0 Å². The topological polar surface area (TPSA) is 33.7 Å². The van der Waals surface area contributed by atoms with E-state index in [0.29, 0.717) is 11.8 Å². The Balaban J connectivity index is 1.51. The van der Waals surface area contributed by atoms with E-state index in [0.717, 1.165) is 45.9 Å². The van der Waals surface area contributed by atoms with E-state index in [9.17, 15) is 0 Å². The second-order valence-corrected chi connectivity index (χ2v) is 6.15. The third-order valence-corrected chi connectivity index (χ3v) is 4.86. The molecule has 0 aromatic heterocycles. The van der Waals surface area contributed by atoms with Gasteiger partial charge in [0.2, 0.25) is 0 Å². The van der Waals surface area contributed by atoms with Gasteiger partial charge in [0.25, 0.3) is 0 Å². The van der Waals surface area contributed by atoms with E-state index in [1.807, 2.05) is 0 Å². The third-order valence-electron chi connectivity index (χ3n) is 4.86.